The van der Waals surface area contributed by atoms with Crippen LogP contribution in [0.3, 0.4) is 0 Å². The van der Waals surface area contributed by atoms with Crippen LogP contribution in [-0.2, 0) is 6.42 Å². The number of nitrogens with two attached hydrogens (primary N) is 1. The average Bonchev–Trinajstić information content (AvgIpc) is 2.54. The molecule has 3 nitrogen and oxygen atoms in total. The van der Waals surface area contributed by atoms with E-state index >= 15 is 0 Å². The minimum absolute atomic E-state index is 0.275. The molecule has 3 N–H and O–H groups in total. The summed E-state index contributed by atoms with van der Waals surface area (Å²) in [4.78, 5) is 4.58. The van der Waals surface area contributed by atoms with E-state index in [1.165, 1.54) is 51.4 Å². The minimum atomic E-state index is 0.275. The molecule has 0 saturated heterocycles. The van der Waals surface area contributed by atoms with E-state index in [9.17, 15) is 5.11 Å². The molecule has 0 atom stereocenters. The fraction of sp³-hybridized carbons (Fsp3) is 0.526. The van der Waals surface area contributed by atoms with Crippen molar-refractivity contribution >= 4 is 10.9 Å². The molecule has 0 aliphatic heterocycles. The van der Waals surface area contributed by atoms with Crippen molar-refractivity contribution in [1.29, 1.82) is 0 Å². The SMILES string of the molecule is NCCCCCCCCCCc1ccc2cccc(O)c2n1. The highest BCUT2D eigenvalue weighted by molar-refractivity contribution is 5.84. The van der Waals surface area contributed by atoms with Gasteiger partial charge in [-0.25, -0.2) is 4.98 Å². The summed E-state index contributed by atoms with van der Waals surface area (Å²) < 4.78 is 0. The summed E-state index contributed by atoms with van der Waals surface area (Å²) in [6.45, 7) is 0.828. The van der Waals surface area contributed by atoms with Crippen molar-refractivity contribution in [2.45, 2.75) is 57.8 Å². The number of pyridine rings is 1. The van der Waals surface area contributed by atoms with Gasteiger partial charge in [0.25, 0.3) is 0 Å². The molecule has 1 heterocycles. The summed E-state index contributed by atoms with van der Waals surface area (Å²) >= 11 is 0. The minimum Gasteiger partial charge on any atom is -0.506 e. The summed E-state index contributed by atoms with van der Waals surface area (Å²) in [5.74, 6) is 0.275. The second-order valence-corrected chi connectivity index (χ2v) is 6.02. The average molecular weight is 300 g/mol. The number of rotatable bonds is 10. The molecule has 0 fully saturated rings. The summed E-state index contributed by atoms with van der Waals surface area (Å²) in [5, 5.41) is 10.9. The maximum absolute atomic E-state index is 9.86. The Labute approximate surface area is 133 Å². The van der Waals surface area contributed by atoms with Crippen molar-refractivity contribution in [1.82, 2.24) is 4.98 Å². The van der Waals surface area contributed by atoms with Crippen molar-refractivity contribution in [2.24, 2.45) is 5.73 Å². The maximum Gasteiger partial charge on any atom is 0.141 e. The first kappa shape index (κ1) is 16.8. The van der Waals surface area contributed by atoms with E-state index in [2.05, 4.69) is 17.1 Å². The third-order valence-electron chi connectivity index (χ3n) is 4.14. The van der Waals surface area contributed by atoms with E-state index in [0.717, 1.165) is 29.6 Å². The Bertz CT molecular complexity index is 568. The number of fused-ring (bicyclic) bond motifs is 1. The van der Waals surface area contributed by atoms with E-state index in [1.807, 2.05) is 12.1 Å². The number of aromatic nitrogens is 1. The van der Waals surface area contributed by atoms with E-state index in [4.69, 9.17) is 5.73 Å². The lowest BCUT2D eigenvalue weighted by atomic mass is 10.1. The summed E-state index contributed by atoms with van der Waals surface area (Å²) in [7, 11) is 0. The van der Waals surface area contributed by atoms with Crippen molar-refractivity contribution in [2.75, 3.05) is 6.54 Å². The van der Waals surface area contributed by atoms with E-state index in [1.54, 1.807) is 6.07 Å². The van der Waals surface area contributed by atoms with Crippen LogP contribution in [0.1, 0.15) is 57.1 Å². The van der Waals surface area contributed by atoms with Crippen molar-refractivity contribution < 1.29 is 5.11 Å². The Morgan fingerprint density at radius 2 is 1.50 bits per heavy atom. The predicted octanol–water partition coefficient (Wildman–Crippen LogP) is 4.56. The van der Waals surface area contributed by atoms with Crippen LogP contribution in [0.15, 0.2) is 30.3 Å². The second kappa shape index (κ2) is 9.42. The van der Waals surface area contributed by atoms with Crippen molar-refractivity contribution in [3.8, 4) is 5.75 Å². The normalized spacial score (nSPS) is 11.1. The molecule has 2 rings (SSSR count). The summed E-state index contributed by atoms with van der Waals surface area (Å²) in [5.41, 5.74) is 7.29. The summed E-state index contributed by atoms with van der Waals surface area (Å²) in [6, 6.07) is 9.66. The number of hydrogen-bond donors (Lipinski definition) is 2. The van der Waals surface area contributed by atoms with Crippen molar-refractivity contribution in [3.05, 3.63) is 36.0 Å². The molecular weight excluding hydrogens is 272 g/mol. The first-order chi connectivity index (χ1) is 10.8. The van der Waals surface area contributed by atoms with E-state index < -0.39 is 0 Å². The third-order valence-corrected chi connectivity index (χ3v) is 4.14. The first-order valence-electron chi connectivity index (χ1n) is 8.59. The number of hydrogen-bond acceptors (Lipinski definition) is 3. The molecular formula is C19H28N2O. The second-order valence-electron chi connectivity index (χ2n) is 6.02. The van der Waals surface area contributed by atoms with Gasteiger partial charge in [-0.15, -0.1) is 0 Å². The Morgan fingerprint density at radius 1 is 0.818 bits per heavy atom. The van der Waals surface area contributed by atoms with Gasteiger partial charge in [-0.3, -0.25) is 0 Å². The van der Waals surface area contributed by atoms with Crippen LogP contribution in [0, 0.1) is 0 Å². The number of nitrogens with zero attached hydrogens (tertiary/aromatic N) is 1. The van der Waals surface area contributed by atoms with Crippen molar-refractivity contribution in [3.63, 3.8) is 0 Å². The zero-order valence-electron chi connectivity index (χ0n) is 13.4. The molecule has 0 spiro atoms. The van der Waals surface area contributed by atoms with Gasteiger partial charge in [0, 0.05) is 11.1 Å². The quantitative estimate of drug-likeness (QED) is 0.632. The van der Waals surface area contributed by atoms with E-state index in [-0.39, 0.29) is 5.75 Å². The van der Waals surface area contributed by atoms with E-state index in [0.29, 0.717) is 0 Å². The number of para-hydroxylation sites is 1. The Hall–Kier alpha value is -1.61. The molecule has 0 bridgehead atoms. The number of phenols is 1. The highest BCUT2D eigenvalue weighted by atomic mass is 16.3. The zero-order chi connectivity index (χ0) is 15.6. The van der Waals surface area contributed by atoms with Gasteiger partial charge in [0.2, 0.25) is 0 Å². The predicted molar refractivity (Wildman–Crippen MR) is 93.1 cm³/mol. The zero-order valence-corrected chi connectivity index (χ0v) is 13.4. The molecule has 0 aliphatic carbocycles. The number of benzene rings is 1. The number of aryl methyl sites for hydroxylation is 1. The molecule has 0 unspecified atom stereocenters. The standard InChI is InChI=1S/C19H28N2O/c20-15-8-6-4-2-1-3-5-7-11-17-14-13-16-10-9-12-18(22)19(16)21-17/h9-10,12-14,22H,1-8,11,15,20H2. The van der Waals surface area contributed by atoms with Crippen LogP contribution in [0.25, 0.3) is 10.9 Å². The van der Waals surface area contributed by atoms with Gasteiger partial charge in [-0.2, -0.15) is 0 Å². The largest absolute Gasteiger partial charge is 0.506 e. The highest BCUT2D eigenvalue weighted by Crippen LogP contribution is 2.22. The van der Waals surface area contributed by atoms with Gasteiger partial charge in [0.1, 0.15) is 11.3 Å². The Morgan fingerprint density at radius 3 is 2.23 bits per heavy atom. The van der Waals surface area contributed by atoms with Crippen LogP contribution in [0.4, 0.5) is 0 Å². The topological polar surface area (TPSA) is 59.1 Å². The van der Waals surface area contributed by atoms with Crippen LogP contribution >= 0.6 is 0 Å². The number of phenolic OH excluding ortho intramolecular Hbond substituents is 1. The van der Waals surface area contributed by atoms with Crippen LogP contribution < -0.4 is 5.73 Å². The van der Waals surface area contributed by atoms with Gasteiger partial charge < -0.3 is 10.8 Å². The number of aromatic hydroxyl groups is 1. The smallest absolute Gasteiger partial charge is 0.141 e. The number of unbranched alkanes of at least 4 members (excludes halogenated alkanes) is 7. The van der Waals surface area contributed by atoms with Crippen LogP contribution in [0.2, 0.25) is 0 Å². The van der Waals surface area contributed by atoms with Crippen LogP contribution in [0.5, 0.6) is 5.75 Å². The monoisotopic (exact) mass is 300 g/mol. The van der Waals surface area contributed by atoms with Gasteiger partial charge >= 0.3 is 0 Å². The maximum atomic E-state index is 9.86. The van der Waals surface area contributed by atoms with Gasteiger partial charge in [-0.05, 0) is 37.9 Å². The molecule has 1 aromatic heterocycles. The Balaban J connectivity index is 1.66. The van der Waals surface area contributed by atoms with Gasteiger partial charge in [0.05, 0.1) is 0 Å². The molecule has 0 amide bonds. The Kier molecular flexibility index (Phi) is 7.17. The molecule has 1 aromatic carbocycles. The van der Waals surface area contributed by atoms with Crippen LogP contribution in [-0.4, -0.2) is 16.6 Å². The fourth-order valence-electron chi connectivity index (χ4n) is 2.82. The lowest BCUT2D eigenvalue weighted by molar-refractivity contribution is 0.480. The molecule has 120 valence electrons. The van der Waals surface area contributed by atoms with Gasteiger partial charge in [0.15, 0.2) is 0 Å². The third kappa shape index (κ3) is 5.30. The molecule has 0 saturated carbocycles. The summed E-state index contributed by atoms with van der Waals surface area (Å²) in [6.07, 6.45) is 11.2. The molecule has 3 heteroatoms. The molecule has 2 aromatic rings. The highest BCUT2D eigenvalue weighted by Gasteiger charge is 2.02. The molecule has 0 radical (unpaired) electrons. The first-order valence-corrected chi connectivity index (χ1v) is 8.59. The molecule has 0 aliphatic rings. The lowest BCUT2D eigenvalue weighted by Crippen LogP contribution is -1.97. The fourth-order valence-corrected chi connectivity index (χ4v) is 2.82. The van der Waals surface area contributed by atoms with Gasteiger partial charge in [-0.1, -0.05) is 56.7 Å². The molecule has 22 heavy (non-hydrogen) atoms. The lowest BCUT2D eigenvalue weighted by Gasteiger charge is -2.05.